The van der Waals surface area contributed by atoms with Crippen LogP contribution in [0, 0.1) is 0 Å². The van der Waals surface area contributed by atoms with Crippen molar-refractivity contribution >= 4 is 11.8 Å². The Kier molecular flexibility index (Phi) is 5.01. The zero-order valence-corrected chi connectivity index (χ0v) is 7.91. The summed E-state index contributed by atoms with van der Waals surface area (Å²) in [6.07, 6.45) is 0. The maximum Gasteiger partial charge on any atom is 0.235 e. The van der Waals surface area contributed by atoms with E-state index < -0.39 is 11.9 Å². The van der Waals surface area contributed by atoms with Crippen LogP contribution in [0.15, 0.2) is 0 Å². The van der Waals surface area contributed by atoms with Crippen LogP contribution in [0.5, 0.6) is 0 Å². The summed E-state index contributed by atoms with van der Waals surface area (Å²) in [5.41, 5.74) is 10.3. The van der Waals surface area contributed by atoms with Crippen LogP contribution in [0.4, 0.5) is 0 Å². The third-order valence-electron chi connectivity index (χ3n) is 1.57. The van der Waals surface area contributed by atoms with Gasteiger partial charge in [-0.2, -0.15) is 0 Å². The fourth-order valence-corrected chi connectivity index (χ4v) is 0.815. The highest BCUT2D eigenvalue weighted by molar-refractivity contribution is 5.80. The van der Waals surface area contributed by atoms with Gasteiger partial charge < -0.3 is 16.8 Å². The molecule has 0 rings (SSSR count). The molecular weight excluding hydrogens is 172 g/mol. The Morgan fingerprint density at radius 2 is 2.08 bits per heavy atom. The third kappa shape index (κ3) is 5.15. The molecule has 6 heteroatoms. The Balaban J connectivity index is 3.80. The summed E-state index contributed by atoms with van der Waals surface area (Å²) < 4.78 is 0. The van der Waals surface area contributed by atoms with E-state index >= 15 is 0 Å². The molecule has 0 fully saturated rings. The second kappa shape index (κ2) is 5.50. The highest BCUT2D eigenvalue weighted by Crippen LogP contribution is 1.85. The molecule has 0 aromatic heterocycles. The van der Waals surface area contributed by atoms with Gasteiger partial charge in [0.05, 0.1) is 12.6 Å². The number of nitrogens with one attached hydrogen (secondary N) is 1. The number of hydrogen-bond acceptors (Lipinski definition) is 4. The molecular formula is C7H16N4O2. The molecule has 6 nitrogen and oxygen atoms in total. The summed E-state index contributed by atoms with van der Waals surface area (Å²) in [6.45, 7) is 0.486. The predicted molar refractivity (Wildman–Crippen MR) is 48.7 cm³/mol. The Labute approximate surface area is 77.2 Å². The number of likely N-dealkylation sites (N-methyl/N-ethyl adjacent to an activating group) is 2. The van der Waals surface area contributed by atoms with Gasteiger partial charge in [0.1, 0.15) is 0 Å². The normalized spacial score (nSPS) is 12.6. The molecule has 1 unspecified atom stereocenters. The lowest BCUT2D eigenvalue weighted by molar-refractivity contribution is -0.123. The minimum Gasteiger partial charge on any atom is -0.368 e. The van der Waals surface area contributed by atoms with Crippen LogP contribution in [-0.4, -0.2) is 49.9 Å². The summed E-state index contributed by atoms with van der Waals surface area (Å²) in [6, 6.07) is -0.727. The van der Waals surface area contributed by atoms with Gasteiger partial charge in [0, 0.05) is 13.6 Å². The van der Waals surface area contributed by atoms with E-state index in [9.17, 15) is 9.59 Å². The van der Waals surface area contributed by atoms with Crippen molar-refractivity contribution < 1.29 is 9.59 Å². The Bertz CT molecular complexity index is 195. The van der Waals surface area contributed by atoms with Crippen molar-refractivity contribution in [1.82, 2.24) is 10.2 Å². The van der Waals surface area contributed by atoms with E-state index in [1.54, 1.807) is 19.0 Å². The number of primary amides is 1. The van der Waals surface area contributed by atoms with E-state index in [0.717, 1.165) is 0 Å². The number of nitrogens with zero attached hydrogens (tertiary/aromatic N) is 1. The van der Waals surface area contributed by atoms with Gasteiger partial charge in [0.2, 0.25) is 11.8 Å². The van der Waals surface area contributed by atoms with E-state index in [2.05, 4.69) is 5.32 Å². The summed E-state index contributed by atoms with van der Waals surface area (Å²) in [5.74, 6) is -0.692. The van der Waals surface area contributed by atoms with Crippen molar-refractivity contribution in [2.75, 3.05) is 27.2 Å². The molecule has 5 N–H and O–H groups in total. The Morgan fingerprint density at radius 3 is 2.46 bits per heavy atom. The maximum absolute atomic E-state index is 10.9. The summed E-state index contributed by atoms with van der Waals surface area (Å²) in [4.78, 5) is 23.1. The molecule has 2 amide bonds. The Morgan fingerprint density at radius 1 is 1.54 bits per heavy atom. The molecule has 0 heterocycles. The van der Waals surface area contributed by atoms with E-state index in [0.29, 0.717) is 0 Å². The van der Waals surface area contributed by atoms with Gasteiger partial charge in [-0.3, -0.25) is 14.5 Å². The summed E-state index contributed by atoms with van der Waals surface area (Å²) in [7, 11) is 3.24. The lowest BCUT2D eigenvalue weighted by atomic mass is 10.3. The van der Waals surface area contributed by atoms with E-state index in [4.69, 9.17) is 11.5 Å². The molecule has 0 aromatic carbocycles. The van der Waals surface area contributed by atoms with Crippen LogP contribution in [-0.2, 0) is 9.59 Å². The Hall–Kier alpha value is -1.14. The quantitative estimate of drug-likeness (QED) is 0.443. The largest absolute Gasteiger partial charge is 0.368 e. The highest BCUT2D eigenvalue weighted by Gasteiger charge is 2.13. The third-order valence-corrected chi connectivity index (χ3v) is 1.57. The van der Waals surface area contributed by atoms with Gasteiger partial charge in [-0.25, -0.2) is 0 Å². The number of amides is 2. The second-order valence-electron chi connectivity index (χ2n) is 2.88. The van der Waals surface area contributed by atoms with Gasteiger partial charge in [0.25, 0.3) is 0 Å². The molecule has 0 aromatic rings. The first kappa shape index (κ1) is 11.9. The standard InChI is InChI=1S/C7H16N4O2/c1-10-6(12)4-11(2)3-5(8)7(9)13/h5H,3-4,8H2,1-2H3,(H2,9,13)(H,10,12). The SMILES string of the molecule is CNC(=O)CN(C)CC(N)C(N)=O. The number of carbonyl (C=O) groups excluding carboxylic acids is 2. The molecule has 1 atom stereocenters. The van der Waals surface area contributed by atoms with Crippen LogP contribution in [0.25, 0.3) is 0 Å². The van der Waals surface area contributed by atoms with Crippen LogP contribution in [0.1, 0.15) is 0 Å². The van der Waals surface area contributed by atoms with Gasteiger partial charge in [0.15, 0.2) is 0 Å². The van der Waals surface area contributed by atoms with Crippen molar-refractivity contribution in [3.05, 3.63) is 0 Å². The van der Waals surface area contributed by atoms with Crippen LogP contribution >= 0.6 is 0 Å². The minimum atomic E-state index is -0.727. The molecule has 0 bridgehead atoms. The predicted octanol–water partition coefficient (Wildman–Crippen LogP) is -2.52. The van der Waals surface area contributed by atoms with Crippen LogP contribution < -0.4 is 16.8 Å². The van der Waals surface area contributed by atoms with Crippen molar-refractivity contribution in [1.29, 1.82) is 0 Å². The molecule has 76 valence electrons. The summed E-state index contributed by atoms with van der Waals surface area (Å²) in [5, 5.41) is 2.46. The van der Waals surface area contributed by atoms with Gasteiger partial charge in [-0.15, -0.1) is 0 Å². The lowest BCUT2D eigenvalue weighted by Crippen LogP contribution is -2.46. The smallest absolute Gasteiger partial charge is 0.235 e. The fourth-order valence-electron chi connectivity index (χ4n) is 0.815. The van der Waals surface area contributed by atoms with E-state index in [1.165, 1.54) is 0 Å². The fraction of sp³-hybridized carbons (Fsp3) is 0.714. The number of hydrogen-bond donors (Lipinski definition) is 3. The van der Waals surface area contributed by atoms with Crippen molar-refractivity contribution in [2.24, 2.45) is 11.5 Å². The molecule has 0 spiro atoms. The first-order valence-electron chi connectivity index (χ1n) is 3.91. The van der Waals surface area contributed by atoms with Crippen LogP contribution in [0.3, 0.4) is 0 Å². The van der Waals surface area contributed by atoms with Crippen molar-refractivity contribution in [2.45, 2.75) is 6.04 Å². The second-order valence-corrected chi connectivity index (χ2v) is 2.88. The zero-order chi connectivity index (χ0) is 10.4. The number of nitrogens with two attached hydrogens (primary N) is 2. The topological polar surface area (TPSA) is 101 Å². The van der Waals surface area contributed by atoms with Crippen molar-refractivity contribution in [3.8, 4) is 0 Å². The molecule has 0 saturated heterocycles. The van der Waals surface area contributed by atoms with Crippen LogP contribution in [0.2, 0.25) is 0 Å². The molecule has 0 saturated carbocycles. The summed E-state index contributed by atoms with van der Waals surface area (Å²) >= 11 is 0. The van der Waals surface area contributed by atoms with Crippen molar-refractivity contribution in [3.63, 3.8) is 0 Å². The van der Waals surface area contributed by atoms with Gasteiger partial charge in [-0.05, 0) is 7.05 Å². The number of rotatable bonds is 5. The molecule has 13 heavy (non-hydrogen) atoms. The molecule has 0 aliphatic carbocycles. The minimum absolute atomic E-state index is 0.126. The molecule has 0 aliphatic heterocycles. The first-order chi connectivity index (χ1) is 5.97. The molecule has 0 aliphatic rings. The lowest BCUT2D eigenvalue weighted by Gasteiger charge is -2.18. The number of carbonyl (C=O) groups is 2. The van der Waals surface area contributed by atoms with E-state index in [-0.39, 0.29) is 19.0 Å². The van der Waals surface area contributed by atoms with Gasteiger partial charge in [-0.1, -0.05) is 0 Å². The molecule has 0 radical (unpaired) electrons. The first-order valence-corrected chi connectivity index (χ1v) is 3.91. The van der Waals surface area contributed by atoms with E-state index in [1.807, 2.05) is 0 Å². The highest BCUT2D eigenvalue weighted by atomic mass is 16.2. The monoisotopic (exact) mass is 188 g/mol. The zero-order valence-electron chi connectivity index (χ0n) is 7.91. The van der Waals surface area contributed by atoms with Gasteiger partial charge >= 0.3 is 0 Å². The maximum atomic E-state index is 10.9. The average Bonchev–Trinajstić information content (AvgIpc) is 2.03. The average molecular weight is 188 g/mol.